The first-order valence-corrected chi connectivity index (χ1v) is 9.53. The van der Waals surface area contributed by atoms with Crippen LogP contribution in [-0.4, -0.2) is 58.3 Å². The quantitative estimate of drug-likeness (QED) is 0.839. The monoisotopic (exact) mass is 356 g/mol. The summed E-state index contributed by atoms with van der Waals surface area (Å²) < 4.78 is 11.7. The summed E-state index contributed by atoms with van der Waals surface area (Å²) in [6.07, 6.45) is 6.05. The number of piperidine rings is 1. The first-order chi connectivity index (χ1) is 12.6. The van der Waals surface area contributed by atoms with Crippen LogP contribution in [0.2, 0.25) is 0 Å². The van der Waals surface area contributed by atoms with Gasteiger partial charge in [0.2, 0.25) is 0 Å². The van der Waals surface area contributed by atoms with Crippen LogP contribution in [0.4, 0.5) is 0 Å². The maximum absolute atomic E-state index is 6.35. The van der Waals surface area contributed by atoms with Gasteiger partial charge in [0.15, 0.2) is 0 Å². The molecule has 4 rings (SSSR count). The summed E-state index contributed by atoms with van der Waals surface area (Å²) in [6, 6.07) is 4.21. The van der Waals surface area contributed by atoms with E-state index in [1.54, 1.807) is 0 Å². The minimum atomic E-state index is -0.0531. The van der Waals surface area contributed by atoms with E-state index in [0.717, 1.165) is 63.8 Å². The Kier molecular flexibility index (Phi) is 5.07. The fourth-order valence-corrected chi connectivity index (χ4v) is 4.33. The Balaban J connectivity index is 1.42. The number of pyridine rings is 1. The lowest BCUT2D eigenvalue weighted by Crippen LogP contribution is -2.59. The molecule has 6 nitrogen and oxygen atoms in total. The van der Waals surface area contributed by atoms with E-state index in [1.165, 1.54) is 17.5 Å². The summed E-state index contributed by atoms with van der Waals surface area (Å²) >= 11 is 0. The second-order valence-electron chi connectivity index (χ2n) is 7.71. The molecule has 2 aliphatic heterocycles. The maximum Gasteiger partial charge on any atom is 0.138 e. The number of ether oxygens (including phenoxy) is 1. The molecule has 0 radical (unpaired) electrons. The topological polar surface area (TPSA) is 54.6 Å². The second-order valence-corrected chi connectivity index (χ2v) is 7.71. The standard InChI is InChI=1S/C20H28N4O2/c1-16-19(17(2)26-22-16)13-23-9-3-6-20(14-23)15-24(10-11-25-20)12-18-4-7-21-8-5-18/h4-5,7-8H,3,6,9-15H2,1-2H3. The number of aryl methyl sites for hydroxylation is 2. The minimum absolute atomic E-state index is 0.0531. The number of rotatable bonds is 4. The summed E-state index contributed by atoms with van der Waals surface area (Å²) in [7, 11) is 0. The molecular formula is C20H28N4O2. The summed E-state index contributed by atoms with van der Waals surface area (Å²) in [5, 5.41) is 4.10. The molecule has 0 amide bonds. The van der Waals surface area contributed by atoms with E-state index in [0.29, 0.717) is 0 Å². The van der Waals surface area contributed by atoms with Gasteiger partial charge >= 0.3 is 0 Å². The molecule has 4 heterocycles. The van der Waals surface area contributed by atoms with E-state index < -0.39 is 0 Å². The molecule has 1 atom stereocenters. The van der Waals surface area contributed by atoms with E-state index in [-0.39, 0.29) is 5.60 Å². The van der Waals surface area contributed by atoms with Gasteiger partial charge in [0, 0.05) is 50.7 Å². The van der Waals surface area contributed by atoms with Crippen LogP contribution < -0.4 is 0 Å². The van der Waals surface area contributed by atoms with E-state index >= 15 is 0 Å². The van der Waals surface area contributed by atoms with Crippen molar-refractivity contribution >= 4 is 0 Å². The predicted molar refractivity (Wildman–Crippen MR) is 98.7 cm³/mol. The summed E-state index contributed by atoms with van der Waals surface area (Å²) in [5.74, 6) is 0.936. The average Bonchev–Trinajstić information content (AvgIpc) is 2.95. The number of hydrogen-bond donors (Lipinski definition) is 0. The molecule has 2 aromatic rings. The van der Waals surface area contributed by atoms with Crippen molar-refractivity contribution < 1.29 is 9.26 Å². The van der Waals surface area contributed by atoms with Crippen LogP contribution in [0.3, 0.4) is 0 Å². The molecule has 0 saturated carbocycles. The first-order valence-electron chi connectivity index (χ1n) is 9.53. The summed E-state index contributed by atoms with van der Waals surface area (Å²) in [6.45, 7) is 10.8. The van der Waals surface area contributed by atoms with Crippen LogP contribution in [0.15, 0.2) is 29.0 Å². The predicted octanol–water partition coefficient (Wildman–Crippen LogP) is 2.55. The van der Waals surface area contributed by atoms with Gasteiger partial charge in [-0.15, -0.1) is 0 Å². The Morgan fingerprint density at radius 2 is 1.85 bits per heavy atom. The third kappa shape index (κ3) is 3.82. The highest BCUT2D eigenvalue weighted by Gasteiger charge is 2.40. The van der Waals surface area contributed by atoms with Gasteiger partial charge in [-0.2, -0.15) is 0 Å². The van der Waals surface area contributed by atoms with Crippen LogP contribution in [0, 0.1) is 13.8 Å². The molecule has 2 aromatic heterocycles. The number of nitrogens with zero attached hydrogens (tertiary/aromatic N) is 4. The summed E-state index contributed by atoms with van der Waals surface area (Å²) in [5.41, 5.74) is 3.50. The van der Waals surface area contributed by atoms with Crippen LogP contribution in [0.25, 0.3) is 0 Å². The average molecular weight is 356 g/mol. The van der Waals surface area contributed by atoms with Crippen molar-refractivity contribution in [2.75, 3.05) is 32.8 Å². The zero-order valence-corrected chi connectivity index (χ0v) is 15.8. The number of aromatic nitrogens is 2. The third-order valence-corrected chi connectivity index (χ3v) is 5.66. The maximum atomic E-state index is 6.35. The molecule has 2 fully saturated rings. The SMILES string of the molecule is Cc1noc(C)c1CN1CCCC2(CN(Cc3ccncc3)CCO2)C1. The Morgan fingerprint density at radius 3 is 2.58 bits per heavy atom. The van der Waals surface area contributed by atoms with Crippen molar-refractivity contribution in [1.82, 2.24) is 19.9 Å². The van der Waals surface area contributed by atoms with Crippen LogP contribution in [-0.2, 0) is 17.8 Å². The molecule has 140 valence electrons. The highest BCUT2D eigenvalue weighted by molar-refractivity contribution is 5.20. The molecule has 2 saturated heterocycles. The molecule has 26 heavy (non-hydrogen) atoms. The zero-order valence-electron chi connectivity index (χ0n) is 15.8. The highest BCUT2D eigenvalue weighted by Crippen LogP contribution is 2.31. The lowest BCUT2D eigenvalue weighted by Gasteiger charge is -2.48. The number of hydrogen-bond acceptors (Lipinski definition) is 6. The highest BCUT2D eigenvalue weighted by atomic mass is 16.5. The number of morpholine rings is 1. The van der Waals surface area contributed by atoms with Crippen LogP contribution in [0.1, 0.15) is 35.4 Å². The summed E-state index contributed by atoms with van der Waals surface area (Å²) in [4.78, 5) is 9.15. The van der Waals surface area contributed by atoms with Crippen molar-refractivity contribution in [3.8, 4) is 0 Å². The van der Waals surface area contributed by atoms with Crippen LogP contribution in [0.5, 0.6) is 0 Å². The zero-order chi connectivity index (χ0) is 18.0. The lowest BCUT2D eigenvalue weighted by molar-refractivity contribution is -0.142. The van der Waals surface area contributed by atoms with Crippen molar-refractivity contribution in [2.24, 2.45) is 0 Å². The molecule has 0 aromatic carbocycles. The Bertz CT molecular complexity index is 709. The fourth-order valence-electron chi connectivity index (χ4n) is 4.33. The van der Waals surface area contributed by atoms with Gasteiger partial charge in [0.25, 0.3) is 0 Å². The van der Waals surface area contributed by atoms with Crippen molar-refractivity contribution in [3.63, 3.8) is 0 Å². The van der Waals surface area contributed by atoms with Gasteiger partial charge in [0.1, 0.15) is 5.76 Å². The molecule has 6 heteroatoms. The Hall–Kier alpha value is -1.76. The fraction of sp³-hybridized carbons (Fsp3) is 0.600. The van der Waals surface area contributed by atoms with Gasteiger partial charge in [-0.25, -0.2) is 0 Å². The second kappa shape index (κ2) is 7.47. The van der Waals surface area contributed by atoms with E-state index in [1.807, 2.05) is 26.2 Å². The van der Waals surface area contributed by atoms with Crippen molar-refractivity contribution in [2.45, 2.75) is 45.4 Å². The van der Waals surface area contributed by atoms with Gasteiger partial charge in [-0.3, -0.25) is 14.8 Å². The smallest absolute Gasteiger partial charge is 0.138 e. The largest absolute Gasteiger partial charge is 0.371 e. The first kappa shape index (κ1) is 17.6. The molecule has 0 N–H and O–H groups in total. The van der Waals surface area contributed by atoms with Gasteiger partial charge in [-0.1, -0.05) is 5.16 Å². The number of likely N-dealkylation sites (tertiary alicyclic amines) is 1. The van der Waals surface area contributed by atoms with Gasteiger partial charge < -0.3 is 9.26 Å². The molecule has 1 unspecified atom stereocenters. The molecule has 0 aliphatic carbocycles. The van der Waals surface area contributed by atoms with Crippen molar-refractivity contribution in [1.29, 1.82) is 0 Å². The Morgan fingerprint density at radius 1 is 1.08 bits per heavy atom. The minimum Gasteiger partial charge on any atom is -0.371 e. The normalized spacial score (nSPS) is 25.0. The van der Waals surface area contributed by atoms with Gasteiger partial charge in [0.05, 0.1) is 17.9 Å². The third-order valence-electron chi connectivity index (χ3n) is 5.66. The van der Waals surface area contributed by atoms with E-state index in [9.17, 15) is 0 Å². The van der Waals surface area contributed by atoms with E-state index in [2.05, 4.69) is 32.1 Å². The van der Waals surface area contributed by atoms with Crippen LogP contribution >= 0.6 is 0 Å². The molecule has 1 spiro atoms. The molecule has 2 aliphatic rings. The van der Waals surface area contributed by atoms with Crippen molar-refractivity contribution in [3.05, 3.63) is 47.1 Å². The van der Waals surface area contributed by atoms with Gasteiger partial charge in [-0.05, 0) is 50.9 Å². The Labute approximate surface area is 155 Å². The molecule has 0 bridgehead atoms. The molecular weight excluding hydrogens is 328 g/mol. The van der Waals surface area contributed by atoms with E-state index in [4.69, 9.17) is 9.26 Å². The lowest BCUT2D eigenvalue weighted by atomic mass is 9.90.